The zero-order chi connectivity index (χ0) is 17.7. The van der Waals surface area contributed by atoms with Gasteiger partial charge in [-0.2, -0.15) is 0 Å². The molecule has 1 aliphatic rings. The molecule has 3 rings (SSSR count). The molecule has 0 amide bonds. The quantitative estimate of drug-likeness (QED) is 0.857. The van der Waals surface area contributed by atoms with Crippen LogP contribution in [0.4, 0.5) is 5.69 Å². The van der Waals surface area contributed by atoms with Crippen molar-refractivity contribution in [3.8, 4) is 0 Å². The number of sulfonamides is 1. The van der Waals surface area contributed by atoms with Gasteiger partial charge in [0.15, 0.2) is 0 Å². The lowest BCUT2D eigenvalue weighted by atomic mass is 10.2. The highest BCUT2D eigenvalue weighted by molar-refractivity contribution is 7.89. The molecule has 1 heterocycles. The summed E-state index contributed by atoms with van der Waals surface area (Å²) in [6, 6.07) is 17.1. The van der Waals surface area contributed by atoms with Crippen LogP contribution in [0.15, 0.2) is 59.5 Å². The number of anilines is 1. The summed E-state index contributed by atoms with van der Waals surface area (Å²) >= 11 is 0. The van der Waals surface area contributed by atoms with E-state index in [0.29, 0.717) is 17.9 Å². The van der Waals surface area contributed by atoms with Gasteiger partial charge in [0.25, 0.3) is 0 Å². The Morgan fingerprint density at radius 1 is 0.920 bits per heavy atom. The van der Waals surface area contributed by atoms with Gasteiger partial charge in [0, 0.05) is 38.4 Å². The molecule has 0 unspecified atom stereocenters. The van der Waals surface area contributed by atoms with Crippen LogP contribution in [-0.4, -0.2) is 53.1 Å². The highest BCUT2D eigenvalue weighted by Gasteiger charge is 2.17. The molecule has 0 bridgehead atoms. The fraction of sp³-hybridized carbons (Fsp3) is 0.368. The predicted octanol–water partition coefficient (Wildman–Crippen LogP) is 1.96. The second kappa shape index (κ2) is 7.99. The molecule has 1 saturated heterocycles. The van der Waals surface area contributed by atoms with E-state index in [9.17, 15) is 8.42 Å². The van der Waals surface area contributed by atoms with E-state index < -0.39 is 10.0 Å². The highest BCUT2D eigenvalue weighted by atomic mass is 32.2. The molecular formula is C19H25N3O2S. The van der Waals surface area contributed by atoms with E-state index in [1.54, 1.807) is 12.1 Å². The van der Waals surface area contributed by atoms with E-state index in [0.717, 1.165) is 37.4 Å². The van der Waals surface area contributed by atoms with Crippen LogP contribution in [0.5, 0.6) is 0 Å². The van der Waals surface area contributed by atoms with Crippen LogP contribution in [0.1, 0.15) is 5.56 Å². The van der Waals surface area contributed by atoms with Crippen molar-refractivity contribution in [3.05, 3.63) is 60.2 Å². The first-order chi connectivity index (χ1) is 12.0. The third-order valence-corrected chi connectivity index (χ3v) is 6.04. The van der Waals surface area contributed by atoms with Crippen molar-refractivity contribution in [2.75, 3.05) is 44.7 Å². The summed E-state index contributed by atoms with van der Waals surface area (Å²) in [6.45, 7) is 4.39. The first-order valence-corrected chi connectivity index (χ1v) is 10.1. The first kappa shape index (κ1) is 17.9. The fourth-order valence-corrected chi connectivity index (χ4v) is 3.99. The second-order valence-electron chi connectivity index (χ2n) is 6.42. The Labute approximate surface area is 150 Å². The van der Waals surface area contributed by atoms with Gasteiger partial charge in [-0.25, -0.2) is 13.1 Å². The van der Waals surface area contributed by atoms with Gasteiger partial charge in [0.2, 0.25) is 10.0 Å². The number of likely N-dealkylation sites (N-methyl/N-ethyl adjacent to an activating group) is 1. The van der Waals surface area contributed by atoms with Crippen molar-refractivity contribution < 1.29 is 8.42 Å². The van der Waals surface area contributed by atoms with Gasteiger partial charge >= 0.3 is 0 Å². The normalized spacial score (nSPS) is 16.1. The van der Waals surface area contributed by atoms with Gasteiger partial charge in [-0.05, 0) is 43.3 Å². The van der Waals surface area contributed by atoms with Gasteiger partial charge in [-0.15, -0.1) is 0 Å². The van der Waals surface area contributed by atoms with Gasteiger partial charge in [-0.1, -0.05) is 30.3 Å². The van der Waals surface area contributed by atoms with Crippen molar-refractivity contribution in [2.24, 2.45) is 0 Å². The molecule has 0 radical (unpaired) electrons. The van der Waals surface area contributed by atoms with E-state index >= 15 is 0 Å². The number of benzene rings is 2. The molecule has 1 aliphatic heterocycles. The fourth-order valence-electron chi connectivity index (χ4n) is 2.96. The van der Waals surface area contributed by atoms with Gasteiger partial charge in [-0.3, -0.25) is 0 Å². The summed E-state index contributed by atoms with van der Waals surface area (Å²) in [6.07, 6.45) is 0.680. The SMILES string of the molecule is CN1CCN(c2ccc(S(=O)(=O)NCCc3ccccc3)cc2)CC1. The predicted molar refractivity (Wildman–Crippen MR) is 101 cm³/mol. The van der Waals surface area contributed by atoms with Crippen molar-refractivity contribution in [1.29, 1.82) is 0 Å². The largest absolute Gasteiger partial charge is 0.369 e. The molecule has 134 valence electrons. The average Bonchev–Trinajstić information content (AvgIpc) is 2.63. The lowest BCUT2D eigenvalue weighted by molar-refractivity contribution is 0.313. The monoisotopic (exact) mass is 359 g/mol. The smallest absolute Gasteiger partial charge is 0.240 e. The molecule has 0 saturated carbocycles. The van der Waals surface area contributed by atoms with E-state index in [4.69, 9.17) is 0 Å². The van der Waals surface area contributed by atoms with E-state index in [-0.39, 0.29) is 0 Å². The Bertz CT molecular complexity index is 768. The minimum absolute atomic E-state index is 0.318. The number of piperazine rings is 1. The van der Waals surface area contributed by atoms with Crippen LogP contribution >= 0.6 is 0 Å². The Hall–Kier alpha value is -1.89. The molecule has 25 heavy (non-hydrogen) atoms. The third kappa shape index (κ3) is 4.81. The maximum atomic E-state index is 12.4. The zero-order valence-corrected chi connectivity index (χ0v) is 15.4. The molecule has 5 nitrogen and oxygen atoms in total. The van der Waals surface area contributed by atoms with Crippen molar-refractivity contribution in [3.63, 3.8) is 0 Å². The van der Waals surface area contributed by atoms with Crippen molar-refractivity contribution in [1.82, 2.24) is 9.62 Å². The van der Waals surface area contributed by atoms with E-state index in [1.165, 1.54) is 0 Å². The molecule has 0 aromatic heterocycles. The number of hydrogen-bond donors (Lipinski definition) is 1. The lowest BCUT2D eigenvalue weighted by Gasteiger charge is -2.34. The third-order valence-electron chi connectivity index (χ3n) is 4.56. The van der Waals surface area contributed by atoms with Gasteiger partial charge in [0.1, 0.15) is 0 Å². The molecule has 6 heteroatoms. The zero-order valence-electron chi connectivity index (χ0n) is 14.6. The summed E-state index contributed by atoms with van der Waals surface area (Å²) < 4.78 is 27.5. The van der Waals surface area contributed by atoms with E-state index in [2.05, 4.69) is 21.6 Å². The lowest BCUT2D eigenvalue weighted by Crippen LogP contribution is -2.44. The van der Waals surface area contributed by atoms with Crippen molar-refractivity contribution in [2.45, 2.75) is 11.3 Å². The second-order valence-corrected chi connectivity index (χ2v) is 8.18. The molecule has 1 N–H and O–H groups in total. The first-order valence-electron chi connectivity index (χ1n) is 8.62. The minimum Gasteiger partial charge on any atom is -0.369 e. The molecule has 0 spiro atoms. The van der Waals surface area contributed by atoms with Crippen LogP contribution in [-0.2, 0) is 16.4 Å². The number of nitrogens with zero attached hydrogens (tertiary/aromatic N) is 2. The average molecular weight is 359 g/mol. The highest BCUT2D eigenvalue weighted by Crippen LogP contribution is 2.19. The Kier molecular flexibility index (Phi) is 5.73. The molecule has 0 atom stereocenters. The number of nitrogens with one attached hydrogen (secondary N) is 1. The summed E-state index contributed by atoms with van der Waals surface area (Å²) in [5.41, 5.74) is 2.20. The maximum Gasteiger partial charge on any atom is 0.240 e. The Balaban J connectivity index is 1.58. The Morgan fingerprint density at radius 3 is 2.20 bits per heavy atom. The molecule has 2 aromatic carbocycles. The van der Waals surface area contributed by atoms with Crippen LogP contribution in [0.25, 0.3) is 0 Å². The molecule has 2 aromatic rings. The van der Waals surface area contributed by atoms with Gasteiger partial charge < -0.3 is 9.80 Å². The topological polar surface area (TPSA) is 52.7 Å². The summed E-state index contributed by atoms with van der Waals surface area (Å²) in [7, 11) is -1.34. The Morgan fingerprint density at radius 2 is 1.56 bits per heavy atom. The molecule has 0 aliphatic carbocycles. The van der Waals surface area contributed by atoms with Crippen LogP contribution in [0.3, 0.4) is 0 Å². The maximum absolute atomic E-state index is 12.4. The molecular weight excluding hydrogens is 334 g/mol. The number of hydrogen-bond acceptors (Lipinski definition) is 4. The van der Waals surface area contributed by atoms with Crippen molar-refractivity contribution >= 4 is 15.7 Å². The van der Waals surface area contributed by atoms with Crippen LogP contribution in [0.2, 0.25) is 0 Å². The summed E-state index contributed by atoms with van der Waals surface area (Å²) in [5.74, 6) is 0. The van der Waals surface area contributed by atoms with Crippen LogP contribution in [0, 0.1) is 0 Å². The number of rotatable bonds is 6. The standard InChI is InChI=1S/C19H25N3O2S/c1-21-13-15-22(16-14-21)18-7-9-19(10-8-18)25(23,24)20-12-11-17-5-3-2-4-6-17/h2-10,20H,11-16H2,1H3. The summed E-state index contributed by atoms with van der Waals surface area (Å²) in [5, 5.41) is 0. The minimum atomic E-state index is -3.46. The van der Waals surface area contributed by atoms with Crippen LogP contribution < -0.4 is 9.62 Å². The summed E-state index contributed by atoms with van der Waals surface area (Å²) in [4.78, 5) is 4.91. The molecule has 1 fully saturated rings. The van der Waals surface area contributed by atoms with Gasteiger partial charge in [0.05, 0.1) is 4.90 Å². The van der Waals surface area contributed by atoms with E-state index in [1.807, 2.05) is 42.5 Å².